The zero-order valence-electron chi connectivity index (χ0n) is 4.82. The van der Waals surface area contributed by atoms with Crippen molar-refractivity contribution in [3.63, 3.8) is 0 Å². The minimum absolute atomic E-state index is 0.267. The number of halogens is 1. The normalized spacial score (nSPS) is 13.6. The maximum Gasteiger partial charge on any atom is 0.159 e. The molecule has 0 aliphatic carbocycles. The zero-order valence-corrected chi connectivity index (χ0v) is 7.87. The standard InChI is InChI=1S/C4H10BIP/c1-3-5-7(6)4-2/h3-4H2,1-2H3. The third-order valence-electron chi connectivity index (χ3n) is 0.683. The van der Waals surface area contributed by atoms with E-state index < -0.39 is 0 Å². The van der Waals surface area contributed by atoms with Gasteiger partial charge < -0.3 is 0 Å². The Balaban J connectivity index is 2.83. The third-order valence-corrected chi connectivity index (χ3v) is 5.28. The van der Waals surface area contributed by atoms with E-state index in [0.29, 0.717) is 0 Å². The van der Waals surface area contributed by atoms with Crippen molar-refractivity contribution < 1.29 is 0 Å². The van der Waals surface area contributed by atoms with Gasteiger partial charge in [0.05, 0.1) is 0 Å². The lowest BCUT2D eigenvalue weighted by Gasteiger charge is -1.99. The summed E-state index contributed by atoms with van der Waals surface area (Å²) in [6.07, 6.45) is 2.58. The highest BCUT2D eigenvalue weighted by atomic mass is 127. The number of hydrogen-bond acceptors (Lipinski definition) is 0. The molecule has 41 valence electrons. The van der Waals surface area contributed by atoms with E-state index in [1.54, 1.807) is 0 Å². The molecule has 0 aromatic rings. The Kier molecular flexibility index (Phi) is 6.30. The fraction of sp³-hybridized carbons (Fsp3) is 1.00. The summed E-state index contributed by atoms with van der Waals surface area (Å²) in [5, 5.41) is 0. The molecule has 0 aliphatic rings. The SMILES string of the molecule is CC[B]P(I)CC. The molecule has 0 saturated heterocycles. The summed E-state index contributed by atoms with van der Waals surface area (Å²) in [6.45, 7) is 6.84. The van der Waals surface area contributed by atoms with Crippen molar-refractivity contribution in [1.82, 2.24) is 0 Å². The van der Waals surface area contributed by atoms with Crippen LogP contribution in [-0.4, -0.2) is 13.2 Å². The summed E-state index contributed by atoms with van der Waals surface area (Å²) in [5.41, 5.74) is 0.267. The van der Waals surface area contributed by atoms with Gasteiger partial charge >= 0.3 is 0 Å². The molecule has 0 bridgehead atoms. The van der Waals surface area contributed by atoms with Crippen LogP contribution in [0.25, 0.3) is 0 Å². The van der Waals surface area contributed by atoms with Crippen LogP contribution >= 0.6 is 27.5 Å². The van der Waals surface area contributed by atoms with Gasteiger partial charge in [-0.2, -0.15) is 0 Å². The van der Waals surface area contributed by atoms with Crippen molar-refractivity contribution in [3.05, 3.63) is 0 Å². The van der Waals surface area contributed by atoms with E-state index in [4.69, 9.17) is 0 Å². The summed E-state index contributed by atoms with van der Waals surface area (Å²) in [7, 11) is 0. The van der Waals surface area contributed by atoms with Crippen molar-refractivity contribution in [2.24, 2.45) is 0 Å². The minimum Gasteiger partial charge on any atom is -0.0839 e. The molecular weight excluding hydrogens is 217 g/mol. The highest BCUT2D eigenvalue weighted by Crippen LogP contribution is 2.42. The van der Waals surface area contributed by atoms with Crippen LogP contribution in [0.4, 0.5) is 0 Å². The van der Waals surface area contributed by atoms with Gasteiger partial charge in [-0.05, 0) is 6.16 Å². The Morgan fingerprint density at radius 3 is 2.29 bits per heavy atom. The second-order valence-electron chi connectivity index (χ2n) is 1.31. The molecule has 0 aliphatic heterocycles. The van der Waals surface area contributed by atoms with Gasteiger partial charge in [-0.15, -0.1) is 0 Å². The molecular formula is C4H10BIP. The van der Waals surface area contributed by atoms with Gasteiger partial charge in [-0.25, -0.2) is 0 Å². The van der Waals surface area contributed by atoms with E-state index in [9.17, 15) is 0 Å². The fourth-order valence-corrected chi connectivity index (χ4v) is 2.16. The second kappa shape index (κ2) is 5.36. The lowest BCUT2D eigenvalue weighted by molar-refractivity contribution is 1.47. The lowest BCUT2D eigenvalue weighted by Crippen LogP contribution is -1.79. The first-order valence-corrected chi connectivity index (χ1v) is 6.95. The van der Waals surface area contributed by atoms with Gasteiger partial charge in [0.1, 0.15) is 0 Å². The molecule has 1 atom stereocenters. The summed E-state index contributed by atoms with van der Waals surface area (Å²) < 4.78 is 0. The average Bonchev–Trinajstić information content (AvgIpc) is 1.68. The van der Waals surface area contributed by atoms with Crippen molar-refractivity contribution in [1.29, 1.82) is 0 Å². The van der Waals surface area contributed by atoms with Gasteiger partial charge in [0, 0.05) is 0 Å². The van der Waals surface area contributed by atoms with Crippen LogP contribution < -0.4 is 0 Å². The van der Waals surface area contributed by atoms with Crippen LogP contribution in [-0.2, 0) is 0 Å². The first kappa shape index (κ1) is 8.22. The second-order valence-corrected chi connectivity index (χ2v) is 6.82. The van der Waals surface area contributed by atoms with E-state index in [1.807, 2.05) is 0 Å². The molecule has 0 aromatic carbocycles. The average molecular weight is 227 g/mol. The van der Waals surface area contributed by atoms with Crippen molar-refractivity contribution >= 4 is 34.5 Å². The maximum atomic E-state index is 2.51. The maximum absolute atomic E-state index is 2.51. The zero-order chi connectivity index (χ0) is 5.70. The molecule has 0 aromatic heterocycles. The lowest BCUT2D eigenvalue weighted by atomic mass is 10.1. The van der Waals surface area contributed by atoms with Crippen molar-refractivity contribution in [2.75, 3.05) is 6.16 Å². The molecule has 0 spiro atoms. The highest BCUT2D eigenvalue weighted by molar-refractivity contribution is 14.2. The molecule has 0 rings (SSSR count). The predicted octanol–water partition coefficient (Wildman–Crippen LogP) is 2.90. The van der Waals surface area contributed by atoms with Crippen molar-refractivity contribution in [2.45, 2.75) is 20.2 Å². The van der Waals surface area contributed by atoms with Crippen molar-refractivity contribution in [3.8, 4) is 0 Å². The number of rotatable bonds is 3. The number of hydrogen-bond donors (Lipinski definition) is 0. The molecule has 0 saturated carbocycles. The highest BCUT2D eigenvalue weighted by Gasteiger charge is 1.96. The fourth-order valence-electron chi connectivity index (χ4n) is 0.327. The van der Waals surface area contributed by atoms with Gasteiger partial charge in [-0.3, -0.25) is 0 Å². The van der Waals surface area contributed by atoms with Crippen LogP contribution in [0.15, 0.2) is 0 Å². The van der Waals surface area contributed by atoms with E-state index in [1.165, 1.54) is 12.5 Å². The molecule has 1 unspecified atom stereocenters. The Bertz CT molecular complexity index is 42.7. The van der Waals surface area contributed by atoms with E-state index >= 15 is 0 Å². The molecule has 7 heavy (non-hydrogen) atoms. The molecule has 1 radical (unpaired) electrons. The molecule has 3 heteroatoms. The molecule has 0 heterocycles. The Morgan fingerprint density at radius 2 is 2.14 bits per heavy atom. The third kappa shape index (κ3) is 5.09. The van der Waals surface area contributed by atoms with E-state index in [2.05, 4.69) is 42.9 Å². The topological polar surface area (TPSA) is 0 Å². The van der Waals surface area contributed by atoms with Gasteiger partial charge in [-0.1, -0.05) is 47.7 Å². The summed E-state index contributed by atoms with van der Waals surface area (Å²) in [6, 6.07) is 0. The van der Waals surface area contributed by atoms with Crippen LogP contribution in [0.2, 0.25) is 6.32 Å². The summed E-state index contributed by atoms with van der Waals surface area (Å²) in [4.78, 5) is 0. The molecule has 0 amide bonds. The quantitative estimate of drug-likeness (QED) is 0.395. The largest absolute Gasteiger partial charge is 0.159 e. The van der Waals surface area contributed by atoms with Gasteiger partial charge in [0.15, 0.2) is 7.00 Å². The smallest absolute Gasteiger partial charge is 0.0839 e. The Hall–Kier alpha value is 1.22. The van der Waals surface area contributed by atoms with Crippen LogP contribution in [0.5, 0.6) is 0 Å². The van der Waals surface area contributed by atoms with Crippen LogP contribution in [0.1, 0.15) is 13.8 Å². The molecule has 0 N–H and O–H groups in total. The van der Waals surface area contributed by atoms with E-state index in [0.717, 1.165) is 0 Å². The first-order chi connectivity index (χ1) is 3.31. The Morgan fingerprint density at radius 1 is 1.57 bits per heavy atom. The minimum atomic E-state index is 0.267. The first-order valence-electron chi connectivity index (χ1n) is 2.57. The molecule has 0 fully saturated rings. The predicted molar refractivity (Wildman–Crippen MR) is 47.7 cm³/mol. The molecule has 0 nitrogen and oxygen atoms in total. The summed E-state index contributed by atoms with van der Waals surface area (Å²) in [5.74, 6) is 0. The van der Waals surface area contributed by atoms with E-state index in [-0.39, 0.29) is 5.44 Å². The van der Waals surface area contributed by atoms with Gasteiger partial charge in [0.25, 0.3) is 0 Å². The van der Waals surface area contributed by atoms with Gasteiger partial charge in [0.2, 0.25) is 0 Å². The van der Waals surface area contributed by atoms with Crippen LogP contribution in [0.3, 0.4) is 0 Å². The summed E-state index contributed by atoms with van der Waals surface area (Å²) >= 11 is 2.51. The monoisotopic (exact) mass is 227 g/mol. The van der Waals surface area contributed by atoms with Crippen LogP contribution in [0, 0.1) is 0 Å². The Labute approximate surface area is 60.9 Å².